The van der Waals surface area contributed by atoms with Crippen LogP contribution in [0.3, 0.4) is 0 Å². The molecule has 7 aromatic rings. The van der Waals surface area contributed by atoms with Gasteiger partial charge in [-0.1, -0.05) is 154 Å². The van der Waals surface area contributed by atoms with Gasteiger partial charge in [-0.15, -0.1) is 23.8 Å². The molecule has 0 saturated carbocycles. The number of benzene rings is 5. The zero-order valence-electron chi connectivity index (χ0n) is 37.3. The van der Waals surface area contributed by atoms with Gasteiger partial charge in [0.15, 0.2) is 5.69 Å². The van der Waals surface area contributed by atoms with Gasteiger partial charge in [-0.05, 0) is 74.2 Å². The molecule has 2 aromatic heterocycles. The van der Waals surface area contributed by atoms with Crippen molar-refractivity contribution in [3.63, 3.8) is 0 Å². The predicted octanol–water partition coefficient (Wildman–Crippen LogP) is 14.2. The number of para-hydroxylation sites is 2. The molecule has 7 heteroatoms. The van der Waals surface area contributed by atoms with Crippen molar-refractivity contribution in [3.05, 3.63) is 149 Å². The second-order valence-electron chi connectivity index (χ2n) is 19.9. The monoisotopic (exact) mass is 983 g/mol. The topological polar surface area (TPSA) is 79.1 Å². The van der Waals surface area contributed by atoms with Gasteiger partial charge >= 0.3 is 0 Å². The van der Waals surface area contributed by atoms with Crippen LogP contribution in [-0.4, -0.2) is 19.6 Å². The molecule has 0 aliphatic heterocycles. The summed E-state index contributed by atoms with van der Waals surface area (Å²) in [6, 6.07) is 38.9. The molecule has 0 spiro atoms. The van der Waals surface area contributed by atoms with Gasteiger partial charge in [0.25, 0.3) is 0 Å². The molecule has 0 fully saturated rings. The third-order valence-corrected chi connectivity index (χ3v) is 11.2. The second-order valence-corrected chi connectivity index (χ2v) is 19.9. The molecule has 61 heavy (non-hydrogen) atoms. The van der Waals surface area contributed by atoms with Crippen LogP contribution >= 0.6 is 0 Å². The van der Waals surface area contributed by atoms with E-state index in [0.29, 0.717) is 39.5 Å². The molecule has 0 atom stereocenters. The van der Waals surface area contributed by atoms with E-state index < -0.39 is 10.8 Å². The van der Waals surface area contributed by atoms with Crippen molar-refractivity contribution >= 4 is 16.7 Å². The number of rotatable bonds is 5. The van der Waals surface area contributed by atoms with Gasteiger partial charge in [-0.3, -0.25) is 9.55 Å². The smallest absolute Gasteiger partial charge is 0.198 e. The van der Waals surface area contributed by atoms with Gasteiger partial charge in [0.2, 0.25) is 0 Å². The molecule has 0 unspecified atom stereocenters. The predicted molar refractivity (Wildman–Crippen MR) is 247 cm³/mol. The van der Waals surface area contributed by atoms with Crippen molar-refractivity contribution < 1.29 is 26.2 Å². The molecule has 0 aliphatic carbocycles. The minimum absolute atomic E-state index is 0. The van der Waals surface area contributed by atoms with Crippen LogP contribution in [0.2, 0.25) is 0 Å². The third-order valence-electron chi connectivity index (χ3n) is 11.2. The first-order valence-corrected chi connectivity index (χ1v) is 20.6. The van der Waals surface area contributed by atoms with Crippen LogP contribution in [0.5, 0.6) is 5.75 Å². The summed E-state index contributed by atoms with van der Waals surface area (Å²) in [5.41, 5.74) is 11.7. The normalized spacial score (nSPS) is 12.2. The SMILES string of the molecule is [C-]#[N+]c1c(C(C)(C)C)cc(-c2nc3c(-c4[c-]c(-c5ncccc5C#N)cc(-c5cc(C(C)(C)C)cc(C(C)(C)C)c5)c4)cccc3n2-c2ccccc2)c(O)c1C(C)(C)C.[Pt]. The average Bonchev–Trinajstić information content (AvgIpc) is 3.58. The van der Waals surface area contributed by atoms with Gasteiger partial charge in [0.05, 0.1) is 29.2 Å². The molecule has 0 aliphatic rings. The fraction of sp³-hybridized carbons (Fsp3) is 0.296. The van der Waals surface area contributed by atoms with E-state index in [1.807, 2.05) is 63.2 Å². The van der Waals surface area contributed by atoms with E-state index in [0.717, 1.165) is 44.5 Å². The van der Waals surface area contributed by atoms with Gasteiger partial charge in [0.1, 0.15) is 11.6 Å². The summed E-state index contributed by atoms with van der Waals surface area (Å²) >= 11 is 0. The summed E-state index contributed by atoms with van der Waals surface area (Å²) in [6.07, 6.45) is 1.71. The second kappa shape index (κ2) is 16.2. The molecule has 2 heterocycles. The number of phenolic OH excluding ortho intramolecular Hbond substituents is 1. The van der Waals surface area contributed by atoms with Gasteiger partial charge in [-0.2, -0.15) is 5.26 Å². The molecule has 7 rings (SSSR count). The Balaban J connectivity index is 0.00000622. The number of nitriles is 1. The summed E-state index contributed by atoms with van der Waals surface area (Å²) < 4.78 is 2.10. The fourth-order valence-electron chi connectivity index (χ4n) is 7.95. The number of phenols is 1. The first kappa shape index (κ1) is 44.7. The van der Waals surface area contributed by atoms with Gasteiger partial charge in [-0.25, -0.2) is 9.83 Å². The first-order valence-electron chi connectivity index (χ1n) is 20.6. The quantitative estimate of drug-likeness (QED) is 0.174. The summed E-state index contributed by atoms with van der Waals surface area (Å²) in [5, 5.41) is 22.6. The molecule has 0 bridgehead atoms. The number of aromatic nitrogens is 3. The number of imidazole rings is 1. The Labute approximate surface area is 376 Å². The Morgan fingerprint density at radius 1 is 0.689 bits per heavy atom. The van der Waals surface area contributed by atoms with Crippen molar-refractivity contribution in [2.24, 2.45) is 0 Å². The zero-order valence-corrected chi connectivity index (χ0v) is 39.6. The van der Waals surface area contributed by atoms with Gasteiger partial charge < -0.3 is 5.11 Å². The maximum absolute atomic E-state index is 12.4. The van der Waals surface area contributed by atoms with Crippen molar-refractivity contribution in [1.29, 1.82) is 5.26 Å². The van der Waals surface area contributed by atoms with Gasteiger partial charge in [0, 0.05) is 49.8 Å². The zero-order chi connectivity index (χ0) is 43.5. The maximum Gasteiger partial charge on any atom is 0.198 e. The summed E-state index contributed by atoms with van der Waals surface area (Å²) in [4.78, 5) is 14.2. The molecule has 1 N–H and O–H groups in total. The minimum atomic E-state index is -0.536. The van der Waals surface area contributed by atoms with Crippen LogP contribution in [0, 0.1) is 24.0 Å². The Hall–Kier alpha value is -5.81. The average molecular weight is 984 g/mol. The van der Waals surface area contributed by atoms with E-state index >= 15 is 0 Å². The van der Waals surface area contributed by atoms with E-state index in [-0.39, 0.29) is 37.6 Å². The van der Waals surface area contributed by atoms with E-state index in [1.165, 1.54) is 11.1 Å². The van der Waals surface area contributed by atoms with E-state index in [9.17, 15) is 10.4 Å². The molecule has 0 saturated heterocycles. The number of nitrogens with zero attached hydrogens (tertiary/aromatic N) is 5. The summed E-state index contributed by atoms with van der Waals surface area (Å²) in [7, 11) is 0. The Kier molecular flexibility index (Phi) is 11.9. The largest absolute Gasteiger partial charge is 0.508 e. The van der Waals surface area contributed by atoms with Crippen molar-refractivity contribution in [2.75, 3.05) is 0 Å². The molecular weight excluding hydrogens is 930 g/mol. The molecular formula is C54H54N5OPt-. The number of hydrogen-bond acceptors (Lipinski definition) is 4. The standard InChI is InChI=1S/C54H54N5O.Pt/c1-51(2,3)38-28-35(29-39(30-38)52(4,5)6)34-25-36(27-37(26-34)46-33(32-55)19-18-24-57-46)41-22-17-23-44-47(41)58-50(59(44)40-20-15-14-16-21-40)42-31-43(53(7,8)9)48(56-13)45(49(42)60)54(10,11)12;/h14-26,28-31,60H,1-12H3;/q-1;. The number of pyridine rings is 1. The molecule has 6 nitrogen and oxygen atoms in total. The van der Waals surface area contributed by atoms with Crippen molar-refractivity contribution in [1.82, 2.24) is 14.5 Å². The Bertz CT molecular complexity index is 2850. The van der Waals surface area contributed by atoms with Crippen LogP contribution in [0.15, 0.2) is 103 Å². The van der Waals surface area contributed by atoms with Crippen molar-refractivity contribution in [3.8, 4) is 62.4 Å². The number of fused-ring (bicyclic) bond motifs is 1. The van der Waals surface area contributed by atoms with Crippen LogP contribution < -0.4 is 0 Å². The first-order chi connectivity index (χ1) is 28.1. The Morgan fingerprint density at radius 2 is 1.31 bits per heavy atom. The van der Waals surface area contributed by atoms with E-state index in [2.05, 4.69) is 126 Å². The number of aromatic hydroxyl groups is 1. The third kappa shape index (κ3) is 8.58. The van der Waals surface area contributed by atoms with Crippen LogP contribution in [0.1, 0.15) is 111 Å². The molecule has 5 aromatic carbocycles. The van der Waals surface area contributed by atoms with Crippen molar-refractivity contribution in [2.45, 2.75) is 105 Å². The molecule has 0 radical (unpaired) electrons. The maximum atomic E-state index is 12.4. The summed E-state index contributed by atoms with van der Waals surface area (Å²) in [6.45, 7) is 34.1. The number of hydrogen-bond donors (Lipinski definition) is 1. The molecule has 312 valence electrons. The van der Waals surface area contributed by atoms with E-state index in [1.54, 1.807) is 18.3 Å². The molecule has 0 amide bonds. The summed E-state index contributed by atoms with van der Waals surface area (Å²) in [5.74, 6) is 0.619. The Morgan fingerprint density at radius 3 is 1.89 bits per heavy atom. The fourth-order valence-corrected chi connectivity index (χ4v) is 7.95. The van der Waals surface area contributed by atoms with Crippen LogP contribution in [0.25, 0.3) is 66.5 Å². The van der Waals surface area contributed by atoms with Crippen LogP contribution in [-0.2, 0) is 42.7 Å². The minimum Gasteiger partial charge on any atom is -0.508 e. The van der Waals surface area contributed by atoms with Crippen LogP contribution in [0.4, 0.5) is 5.69 Å². The van der Waals surface area contributed by atoms with E-state index in [4.69, 9.17) is 16.5 Å².